The zero-order valence-corrected chi connectivity index (χ0v) is 14.6. The van der Waals surface area contributed by atoms with E-state index < -0.39 is 5.54 Å². The van der Waals surface area contributed by atoms with E-state index in [0.29, 0.717) is 16.8 Å². The molecule has 3 aromatic heterocycles. The maximum Gasteiger partial charge on any atom is 0.183 e. The molecule has 0 atom stereocenters. The summed E-state index contributed by atoms with van der Waals surface area (Å²) in [5, 5.41) is 14.3. The van der Waals surface area contributed by atoms with Crippen molar-refractivity contribution in [2.75, 3.05) is 5.32 Å². The average Bonchev–Trinajstić information content (AvgIpc) is 3.25. The smallest absolute Gasteiger partial charge is 0.183 e. The summed E-state index contributed by atoms with van der Waals surface area (Å²) in [6.45, 7) is 4.12. The molecule has 0 fully saturated rings. The van der Waals surface area contributed by atoms with Gasteiger partial charge in [0, 0.05) is 28.9 Å². The topological polar surface area (TPSA) is 55.1 Å². The van der Waals surface area contributed by atoms with Crippen LogP contribution in [0.5, 0.6) is 0 Å². The number of rotatable bonds is 4. The van der Waals surface area contributed by atoms with E-state index in [1.807, 2.05) is 28.1 Å². The van der Waals surface area contributed by atoms with Crippen molar-refractivity contribution >= 4 is 22.1 Å². The highest BCUT2D eigenvalue weighted by molar-refractivity contribution is 7.13. The molecule has 0 amide bonds. The lowest BCUT2D eigenvalue weighted by atomic mass is 9.93. The lowest BCUT2D eigenvalue weighted by Crippen LogP contribution is -2.28. The Morgan fingerprint density at radius 2 is 2.04 bits per heavy atom. The standard InChI is InChI=1S/C18H16FN5S/c1-18(2,22-17-20-7-8-25-17)12-9-14(13-5-3-4-6-15(13)19)16-23-21-11-24(16)10-12/h3-11H,1-2H3,(H,20,22). The third-order valence-corrected chi connectivity index (χ3v) is 4.82. The van der Waals surface area contributed by atoms with Crippen molar-refractivity contribution in [2.24, 2.45) is 0 Å². The van der Waals surface area contributed by atoms with Crippen LogP contribution >= 0.6 is 11.3 Å². The fourth-order valence-corrected chi connectivity index (χ4v) is 3.47. The summed E-state index contributed by atoms with van der Waals surface area (Å²) < 4.78 is 16.2. The van der Waals surface area contributed by atoms with Gasteiger partial charge in [-0.25, -0.2) is 9.37 Å². The highest BCUT2D eigenvalue weighted by atomic mass is 32.1. The van der Waals surface area contributed by atoms with E-state index in [4.69, 9.17) is 0 Å². The number of aromatic nitrogens is 4. The monoisotopic (exact) mass is 353 g/mol. The van der Waals surface area contributed by atoms with Gasteiger partial charge in [-0.1, -0.05) is 18.2 Å². The molecule has 0 aliphatic rings. The van der Waals surface area contributed by atoms with E-state index in [9.17, 15) is 4.39 Å². The summed E-state index contributed by atoms with van der Waals surface area (Å²) in [7, 11) is 0. The zero-order chi connectivity index (χ0) is 17.4. The van der Waals surface area contributed by atoms with Crippen LogP contribution < -0.4 is 5.32 Å². The van der Waals surface area contributed by atoms with Crippen LogP contribution in [-0.4, -0.2) is 19.6 Å². The van der Waals surface area contributed by atoms with E-state index in [-0.39, 0.29) is 5.82 Å². The summed E-state index contributed by atoms with van der Waals surface area (Å²) in [5.41, 5.74) is 2.41. The molecule has 4 aromatic rings. The van der Waals surface area contributed by atoms with Crippen LogP contribution in [0.3, 0.4) is 0 Å². The third kappa shape index (κ3) is 2.87. The molecule has 0 unspecified atom stereocenters. The number of pyridine rings is 1. The Kier molecular flexibility index (Phi) is 3.73. The Hall–Kier alpha value is -2.80. The number of anilines is 1. The van der Waals surface area contributed by atoms with Gasteiger partial charge >= 0.3 is 0 Å². The van der Waals surface area contributed by atoms with Crippen molar-refractivity contribution in [1.82, 2.24) is 19.6 Å². The van der Waals surface area contributed by atoms with Gasteiger partial charge in [0.2, 0.25) is 0 Å². The molecule has 126 valence electrons. The molecule has 0 saturated carbocycles. The van der Waals surface area contributed by atoms with Crippen molar-refractivity contribution in [3.8, 4) is 11.1 Å². The van der Waals surface area contributed by atoms with Crippen LogP contribution in [0, 0.1) is 5.82 Å². The first-order valence-corrected chi connectivity index (χ1v) is 8.69. The normalized spacial score (nSPS) is 11.8. The van der Waals surface area contributed by atoms with Crippen LogP contribution in [-0.2, 0) is 5.54 Å². The maximum atomic E-state index is 14.4. The average molecular weight is 353 g/mol. The van der Waals surface area contributed by atoms with Crippen LogP contribution in [0.4, 0.5) is 9.52 Å². The van der Waals surface area contributed by atoms with Gasteiger partial charge < -0.3 is 5.32 Å². The number of hydrogen-bond acceptors (Lipinski definition) is 5. The lowest BCUT2D eigenvalue weighted by molar-refractivity contribution is 0.604. The summed E-state index contributed by atoms with van der Waals surface area (Å²) >= 11 is 1.54. The Labute approximate surface area is 148 Å². The number of halogens is 1. The van der Waals surface area contributed by atoms with E-state index in [2.05, 4.69) is 34.3 Å². The van der Waals surface area contributed by atoms with Gasteiger partial charge in [-0.2, -0.15) is 0 Å². The van der Waals surface area contributed by atoms with Gasteiger partial charge in [0.1, 0.15) is 12.1 Å². The van der Waals surface area contributed by atoms with Crippen molar-refractivity contribution in [2.45, 2.75) is 19.4 Å². The summed E-state index contributed by atoms with van der Waals surface area (Å²) in [5.74, 6) is -0.282. The Morgan fingerprint density at radius 1 is 1.20 bits per heavy atom. The van der Waals surface area contributed by atoms with Gasteiger partial charge in [-0.3, -0.25) is 4.40 Å². The first kappa shape index (κ1) is 15.7. The molecule has 0 bridgehead atoms. The Bertz CT molecular complexity index is 1020. The fourth-order valence-electron chi connectivity index (χ4n) is 2.78. The Morgan fingerprint density at radius 3 is 2.80 bits per heavy atom. The van der Waals surface area contributed by atoms with Gasteiger partial charge in [0.05, 0.1) is 5.54 Å². The number of benzene rings is 1. The fraction of sp³-hybridized carbons (Fsp3) is 0.167. The molecular weight excluding hydrogens is 337 g/mol. The largest absolute Gasteiger partial charge is 0.353 e. The Balaban J connectivity index is 1.87. The number of hydrogen-bond donors (Lipinski definition) is 1. The maximum absolute atomic E-state index is 14.4. The highest BCUT2D eigenvalue weighted by Crippen LogP contribution is 2.32. The zero-order valence-electron chi connectivity index (χ0n) is 13.8. The second-order valence-electron chi connectivity index (χ2n) is 6.27. The summed E-state index contributed by atoms with van der Waals surface area (Å²) in [4.78, 5) is 4.29. The van der Waals surface area contributed by atoms with Gasteiger partial charge in [-0.15, -0.1) is 21.5 Å². The third-order valence-electron chi connectivity index (χ3n) is 4.13. The van der Waals surface area contributed by atoms with E-state index in [0.717, 1.165) is 10.7 Å². The first-order chi connectivity index (χ1) is 12.0. The van der Waals surface area contributed by atoms with Crippen molar-refractivity contribution in [1.29, 1.82) is 0 Å². The van der Waals surface area contributed by atoms with E-state index in [1.54, 1.807) is 24.7 Å². The van der Waals surface area contributed by atoms with E-state index >= 15 is 0 Å². The van der Waals surface area contributed by atoms with Crippen molar-refractivity contribution in [3.05, 3.63) is 65.8 Å². The highest BCUT2D eigenvalue weighted by Gasteiger charge is 2.24. The molecule has 0 aliphatic carbocycles. The lowest BCUT2D eigenvalue weighted by Gasteiger charge is -2.27. The van der Waals surface area contributed by atoms with Crippen LogP contribution in [0.2, 0.25) is 0 Å². The van der Waals surface area contributed by atoms with Crippen molar-refractivity contribution < 1.29 is 4.39 Å². The minimum atomic E-state index is -0.406. The first-order valence-electron chi connectivity index (χ1n) is 7.81. The second kappa shape index (κ2) is 5.93. The van der Waals surface area contributed by atoms with Crippen LogP contribution in [0.1, 0.15) is 19.4 Å². The minimum absolute atomic E-state index is 0.282. The predicted molar refractivity (Wildman–Crippen MR) is 97.1 cm³/mol. The molecule has 3 heterocycles. The van der Waals surface area contributed by atoms with Crippen LogP contribution in [0.15, 0.2) is 54.4 Å². The molecule has 0 radical (unpaired) electrons. The number of fused-ring (bicyclic) bond motifs is 1. The molecular formula is C18H16FN5S. The van der Waals surface area contributed by atoms with E-state index in [1.165, 1.54) is 17.4 Å². The molecule has 25 heavy (non-hydrogen) atoms. The minimum Gasteiger partial charge on any atom is -0.353 e. The molecule has 1 aromatic carbocycles. The summed E-state index contributed by atoms with van der Waals surface area (Å²) in [6, 6.07) is 8.66. The molecule has 0 spiro atoms. The second-order valence-corrected chi connectivity index (χ2v) is 7.17. The molecule has 7 heteroatoms. The quantitative estimate of drug-likeness (QED) is 0.593. The molecule has 4 rings (SSSR count). The van der Waals surface area contributed by atoms with Crippen LogP contribution in [0.25, 0.3) is 16.8 Å². The van der Waals surface area contributed by atoms with Gasteiger partial charge in [0.25, 0.3) is 0 Å². The molecule has 0 aliphatic heterocycles. The predicted octanol–water partition coefficient (Wildman–Crippen LogP) is 4.34. The van der Waals surface area contributed by atoms with Gasteiger partial charge in [-0.05, 0) is 31.5 Å². The number of thiazole rings is 1. The molecule has 5 nitrogen and oxygen atoms in total. The number of nitrogens with one attached hydrogen (secondary N) is 1. The summed E-state index contributed by atoms with van der Waals surface area (Å²) in [6.07, 6.45) is 5.35. The molecule has 1 N–H and O–H groups in total. The number of nitrogens with zero attached hydrogens (tertiary/aromatic N) is 4. The van der Waals surface area contributed by atoms with Crippen molar-refractivity contribution in [3.63, 3.8) is 0 Å². The van der Waals surface area contributed by atoms with Gasteiger partial charge in [0.15, 0.2) is 10.8 Å². The SMILES string of the molecule is CC(C)(Nc1nccs1)c1cc(-c2ccccc2F)c2nncn2c1. The molecule has 0 saturated heterocycles.